The average molecular weight is 256 g/mol. The van der Waals surface area contributed by atoms with Gasteiger partial charge in [-0.3, -0.25) is 4.90 Å². The molecule has 3 nitrogen and oxygen atoms in total. The molecule has 0 saturated carbocycles. The zero-order chi connectivity index (χ0) is 14.4. The van der Waals surface area contributed by atoms with Gasteiger partial charge < -0.3 is 10.5 Å². The number of rotatable bonds is 4. The smallest absolute Gasteiger partial charge is 0.0830 e. The lowest BCUT2D eigenvalue weighted by atomic mass is 9.75. The van der Waals surface area contributed by atoms with Crippen LogP contribution < -0.4 is 5.73 Å². The van der Waals surface area contributed by atoms with Gasteiger partial charge in [0.05, 0.1) is 16.7 Å². The summed E-state index contributed by atoms with van der Waals surface area (Å²) in [5.74, 6) is 0. The van der Waals surface area contributed by atoms with Crippen molar-refractivity contribution < 1.29 is 4.74 Å². The Bertz CT molecular complexity index is 310. The van der Waals surface area contributed by atoms with Crippen molar-refractivity contribution >= 4 is 0 Å². The molecule has 0 aromatic carbocycles. The first kappa shape index (κ1) is 15.9. The highest BCUT2D eigenvalue weighted by molar-refractivity contribution is 5.14. The van der Waals surface area contributed by atoms with Crippen LogP contribution in [0.15, 0.2) is 0 Å². The van der Waals surface area contributed by atoms with Crippen LogP contribution in [0, 0.1) is 0 Å². The lowest BCUT2D eigenvalue weighted by Gasteiger charge is -2.52. The third-order valence-electron chi connectivity index (χ3n) is 5.12. The second-order valence-corrected chi connectivity index (χ2v) is 7.51. The standard InChI is InChI=1S/C15H32N2O/c1-9-12(2,3)17(8)15(11-16)10-13(4,5)18-14(15,6)7/h9-11,16H2,1-8H3. The fraction of sp³-hybridized carbons (Fsp3) is 1.00. The molecule has 1 atom stereocenters. The second-order valence-electron chi connectivity index (χ2n) is 7.51. The van der Waals surface area contributed by atoms with Gasteiger partial charge in [0, 0.05) is 12.1 Å². The van der Waals surface area contributed by atoms with Crippen molar-refractivity contribution in [3.05, 3.63) is 0 Å². The van der Waals surface area contributed by atoms with Crippen molar-refractivity contribution in [3.8, 4) is 0 Å². The number of nitrogens with two attached hydrogens (primary N) is 1. The molecule has 1 unspecified atom stereocenters. The summed E-state index contributed by atoms with van der Waals surface area (Å²) in [6.07, 6.45) is 2.07. The lowest BCUT2D eigenvalue weighted by molar-refractivity contribution is -0.115. The lowest BCUT2D eigenvalue weighted by Crippen LogP contribution is -2.67. The van der Waals surface area contributed by atoms with E-state index in [4.69, 9.17) is 10.5 Å². The first-order valence-corrected chi connectivity index (χ1v) is 7.08. The molecule has 108 valence electrons. The molecule has 0 aromatic heterocycles. The van der Waals surface area contributed by atoms with Crippen LogP contribution in [0.4, 0.5) is 0 Å². The predicted octanol–water partition coefficient (Wildman–Crippen LogP) is 2.78. The molecule has 0 radical (unpaired) electrons. The van der Waals surface area contributed by atoms with Crippen molar-refractivity contribution in [2.24, 2.45) is 5.73 Å². The fourth-order valence-electron chi connectivity index (χ4n) is 3.53. The summed E-state index contributed by atoms with van der Waals surface area (Å²) in [4.78, 5) is 2.45. The maximum absolute atomic E-state index is 6.28. The van der Waals surface area contributed by atoms with E-state index < -0.39 is 0 Å². The quantitative estimate of drug-likeness (QED) is 0.840. The van der Waals surface area contributed by atoms with Gasteiger partial charge in [-0.1, -0.05) is 6.92 Å². The summed E-state index contributed by atoms with van der Waals surface area (Å²) >= 11 is 0. The Morgan fingerprint density at radius 1 is 1.22 bits per heavy atom. The topological polar surface area (TPSA) is 38.5 Å². The molecule has 2 N–H and O–H groups in total. The molecular formula is C15H32N2O. The van der Waals surface area contributed by atoms with Crippen LogP contribution in [0.3, 0.4) is 0 Å². The number of ether oxygens (including phenoxy) is 1. The third kappa shape index (κ3) is 2.33. The van der Waals surface area contributed by atoms with E-state index >= 15 is 0 Å². The number of likely N-dealkylation sites (N-methyl/N-ethyl adjacent to an activating group) is 1. The molecule has 1 rings (SSSR count). The Hall–Kier alpha value is -0.120. The van der Waals surface area contributed by atoms with Crippen LogP contribution in [-0.4, -0.2) is 40.8 Å². The largest absolute Gasteiger partial charge is 0.368 e. The molecule has 0 aliphatic carbocycles. The minimum absolute atomic E-state index is 0.101. The molecule has 1 heterocycles. The van der Waals surface area contributed by atoms with Crippen LogP contribution in [0.2, 0.25) is 0 Å². The predicted molar refractivity (Wildman–Crippen MR) is 77.8 cm³/mol. The fourth-order valence-corrected chi connectivity index (χ4v) is 3.53. The zero-order valence-electron chi connectivity index (χ0n) is 13.6. The summed E-state index contributed by atoms with van der Waals surface area (Å²) < 4.78 is 6.28. The van der Waals surface area contributed by atoms with Crippen LogP contribution in [-0.2, 0) is 4.74 Å². The van der Waals surface area contributed by atoms with Gasteiger partial charge in [0.2, 0.25) is 0 Å². The van der Waals surface area contributed by atoms with E-state index in [1.54, 1.807) is 0 Å². The molecule has 1 aliphatic rings. The van der Waals surface area contributed by atoms with E-state index in [1.165, 1.54) is 0 Å². The Labute approximate surface area is 113 Å². The Balaban J connectivity index is 3.22. The molecule has 0 amide bonds. The van der Waals surface area contributed by atoms with E-state index in [0.717, 1.165) is 12.8 Å². The highest BCUT2D eigenvalue weighted by atomic mass is 16.5. The third-order valence-corrected chi connectivity index (χ3v) is 5.12. The molecular weight excluding hydrogens is 224 g/mol. The molecule has 1 aliphatic heterocycles. The van der Waals surface area contributed by atoms with Gasteiger partial charge >= 0.3 is 0 Å². The van der Waals surface area contributed by atoms with Crippen LogP contribution in [0.5, 0.6) is 0 Å². The van der Waals surface area contributed by atoms with Gasteiger partial charge in [-0.15, -0.1) is 0 Å². The summed E-state index contributed by atoms with van der Waals surface area (Å²) in [7, 11) is 2.20. The molecule has 0 aromatic rings. The molecule has 18 heavy (non-hydrogen) atoms. The number of hydrogen-bond donors (Lipinski definition) is 1. The highest BCUT2D eigenvalue weighted by Gasteiger charge is 2.60. The van der Waals surface area contributed by atoms with Crippen molar-refractivity contribution in [1.82, 2.24) is 4.90 Å². The van der Waals surface area contributed by atoms with Crippen molar-refractivity contribution in [2.75, 3.05) is 13.6 Å². The van der Waals surface area contributed by atoms with E-state index in [2.05, 4.69) is 60.4 Å². The maximum Gasteiger partial charge on any atom is 0.0830 e. The van der Waals surface area contributed by atoms with Crippen LogP contribution in [0.25, 0.3) is 0 Å². The minimum atomic E-state index is -0.230. The summed E-state index contributed by atoms with van der Waals surface area (Å²) in [6, 6.07) is 0. The second kappa shape index (κ2) is 4.46. The monoisotopic (exact) mass is 256 g/mol. The van der Waals surface area contributed by atoms with Crippen molar-refractivity contribution in [1.29, 1.82) is 0 Å². The minimum Gasteiger partial charge on any atom is -0.368 e. The molecule has 1 fully saturated rings. The molecule has 1 saturated heterocycles. The van der Waals surface area contributed by atoms with Gasteiger partial charge in [-0.2, -0.15) is 0 Å². The first-order chi connectivity index (χ1) is 7.94. The average Bonchev–Trinajstić information content (AvgIpc) is 2.42. The normalized spacial score (nSPS) is 31.0. The summed E-state index contributed by atoms with van der Waals surface area (Å²) in [5, 5.41) is 0. The highest BCUT2D eigenvalue weighted by Crippen LogP contribution is 2.49. The zero-order valence-corrected chi connectivity index (χ0v) is 13.6. The Morgan fingerprint density at radius 3 is 2.00 bits per heavy atom. The van der Waals surface area contributed by atoms with Gasteiger partial charge in [-0.05, 0) is 61.4 Å². The summed E-state index contributed by atoms with van der Waals surface area (Å²) in [5.41, 5.74) is 5.88. The molecule has 0 spiro atoms. The van der Waals surface area contributed by atoms with E-state index in [-0.39, 0.29) is 22.3 Å². The molecule has 0 bridgehead atoms. The number of nitrogens with zero attached hydrogens (tertiary/aromatic N) is 1. The van der Waals surface area contributed by atoms with Gasteiger partial charge in [-0.25, -0.2) is 0 Å². The Morgan fingerprint density at radius 2 is 1.72 bits per heavy atom. The van der Waals surface area contributed by atoms with Gasteiger partial charge in [0.15, 0.2) is 0 Å². The van der Waals surface area contributed by atoms with Gasteiger partial charge in [0.1, 0.15) is 0 Å². The van der Waals surface area contributed by atoms with Crippen LogP contribution >= 0.6 is 0 Å². The SMILES string of the molecule is CCC(C)(C)N(C)C1(CN)CC(C)(C)OC1(C)C. The van der Waals surface area contributed by atoms with Crippen molar-refractivity contribution in [2.45, 2.75) is 83.6 Å². The van der Waals surface area contributed by atoms with Crippen LogP contribution in [0.1, 0.15) is 61.3 Å². The maximum atomic E-state index is 6.28. The number of hydrogen-bond acceptors (Lipinski definition) is 3. The first-order valence-electron chi connectivity index (χ1n) is 7.08. The van der Waals surface area contributed by atoms with E-state index in [1.807, 2.05) is 0 Å². The van der Waals surface area contributed by atoms with E-state index in [0.29, 0.717) is 6.54 Å². The van der Waals surface area contributed by atoms with E-state index in [9.17, 15) is 0 Å². The van der Waals surface area contributed by atoms with Gasteiger partial charge in [0.25, 0.3) is 0 Å². The summed E-state index contributed by atoms with van der Waals surface area (Å²) in [6.45, 7) is 16.1. The Kier molecular flexibility index (Phi) is 3.95. The molecule has 3 heteroatoms. The van der Waals surface area contributed by atoms with Crippen molar-refractivity contribution in [3.63, 3.8) is 0 Å².